The van der Waals surface area contributed by atoms with Crippen LogP contribution in [0.2, 0.25) is 5.02 Å². The number of nitrogens with zero attached hydrogens (tertiary/aromatic N) is 3. The van der Waals surface area contributed by atoms with Crippen LogP contribution >= 0.6 is 11.6 Å². The second kappa shape index (κ2) is 9.55. The van der Waals surface area contributed by atoms with Gasteiger partial charge in [-0.15, -0.1) is 0 Å². The molecular formula is C24H30ClN5O3. The molecule has 2 aromatic rings. The van der Waals surface area contributed by atoms with Gasteiger partial charge >= 0.3 is 0 Å². The molecule has 1 atom stereocenters. The van der Waals surface area contributed by atoms with E-state index in [9.17, 15) is 14.4 Å². The van der Waals surface area contributed by atoms with E-state index in [0.717, 1.165) is 31.2 Å². The molecule has 0 bridgehead atoms. The van der Waals surface area contributed by atoms with Gasteiger partial charge in [-0.25, -0.2) is 0 Å². The summed E-state index contributed by atoms with van der Waals surface area (Å²) in [7, 11) is 1.63. The lowest BCUT2D eigenvalue weighted by Gasteiger charge is -2.41. The molecule has 9 heteroatoms. The molecule has 2 N–H and O–H groups in total. The maximum absolute atomic E-state index is 13.2. The normalized spacial score (nSPS) is 20.9. The van der Waals surface area contributed by atoms with Crippen molar-refractivity contribution < 1.29 is 14.4 Å². The van der Waals surface area contributed by atoms with Crippen LogP contribution in [0.25, 0.3) is 0 Å². The standard InChI is InChI=1S/C24H30ClN5O3/c1-24(23(33)27-18-6-4-3-5-7-18)15-30-20(22(32)29(24)2)14-19(28-30)21(31)26-13-12-16-8-10-17(25)11-9-16/h8-11,14,18H,3-7,12-13,15H2,1-2H3,(H,26,31)(H,27,33)/t24-/m0/s1. The molecule has 1 aliphatic heterocycles. The lowest BCUT2D eigenvalue weighted by molar-refractivity contribution is -0.133. The van der Waals surface area contributed by atoms with E-state index in [1.165, 1.54) is 22.1 Å². The first-order valence-electron chi connectivity index (χ1n) is 11.5. The minimum atomic E-state index is -1.07. The Kier molecular flexibility index (Phi) is 6.74. The summed E-state index contributed by atoms with van der Waals surface area (Å²) in [5, 5.41) is 11.0. The molecule has 0 saturated heterocycles. The van der Waals surface area contributed by atoms with Gasteiger partial charge in [0, 0.05) is 30.7 Å². The van der Waals surface area contributed by atoms with Gasteiger partial charge in [0.25, 0.3) is 11.8 Å². The Labute approximate surface area is 198 Å². The van der Waals surface area contributed by atoms with E-state index in [4.69, 9.17) is 11.6 Å². The highest BCUT2D eigenvalue weighted by Gasteiger charge is 2.46. The Morgan fingerprint density at radius 2 is 1.88 bits per heavy atom. The number of rotatable bonds is 6. The lowest BCUT2D eigenvalue weighted by atomic mass is 9.92. The SMILES string of the molecule is CN1C(=O)c2cc(C(=O)NCCc3ccc(Cl)cc3)nn2C[C@@]1(C)C(=O)NC1CCCCC1. The molecule has 0 radical (unpaired) electrons. The van der Waals surface area contributed by atoms with Gasteiger partial charge in [0.05, 0.1) is 6.54 Å². The molecule has 0 spiro atoms. The van der Waals surface area contributed by atoms with E-state index in [1.54, 1.807) is 14.0 Å². The first kappa shape index (κ1) is 23.3. The molecule has 4 rings (SSSR count). The van der Waals surface area contributed by atoms with Gasteiger partial charge < -0.3 is 15.5 Å². The van der Waals surface area contributed by atoms with Crippen molar-refractivity contribution in [3.63, 3.8) is 0 Å². The molecular weight excluding hydrogens is 442 g/mol. The Morgan fingerprint density at radius 3 is 2.58 bits per heavy atom. The highest BCUT2D eigenvalue weighted by molar-refractivity contribution is 6.30. The van der Waals surface area contributed by atoms with E-state index in [0.29, 0.717) is 23.7 Å². The Hall–Kier alpha value is -2.87. The number of aromatic nitrogens is 2. The minimum absolute atomic E-state index is 0.146. The topological polar surface area (TPSA) is 96.3 Å². The number of carbonyl (C=O) groups excluding carboxylic acids is 3. The number of amides is 3. The van der Waals surface area contributed by atoms with Crippen LogP contribution in [-0.2, 0) is 17.8 Å². The first-order chi connectivity index (χ1) is 15.8. The van der Waals surface area contributed by atoms with E-state index >= 15 is 0 Å². The van der Waals surface area contributed by atoms with Crippen molar-refractivity contribution in [1.82, 2.24) is 25.3 Å². The number of benzene rings is 1. The fraction of sp³-hybridized carbons (Fsp3) is 0.500. The number of hydrogen-bond donors (Lipinski definition) is 2. The Morgan fingerprint density at radius 1 is 1.18 bits per heavy atom. The summed E-state index contributed by atoms with van der Waals surface area (Å²) in [5.41, 5.74) is 0.457. The quantitative estimate of drug-likeness (QED) is 0.677. The summed E-state index contributed by atoms with van der Waals surface area (Å²) in [5.74, 6) is -0.856. The van der Waals surface area contributed by atoms with Crippen molar-refractivity contribution in [3.8, 4) is 0 Å². The molecule has 2 heterocycles. The second-order valence-electron chi connectivity index (χ2n) is 9.15. The van der Waals surface area contributed by atoms with Crippen LogP contribution in [0, 0.1) is 0 Å². The van der Waals surface area contributed by atoms with Crippen LogP contribution in [0.5, 0.6) is 0 Å². The first-order valence-corrected chi connectivity index (χ1v) is 11.9. The predicted molar refractivity (Wildman–Crippen MR) is 125 cm³/mol. The van der Waals surface area contributed by atoms with Crippen LogP contribution in [-0.4, -0.2) is 57.6 Å². The second-order valence-corrected chi connectivity index (χ2v) is 9.59. The van der Waals surface area contributed by atoms with E-state index in [2.05, 4.69) is 15.7 Å². The minimum Gasteiger partial charge on any atom is -0.351 e. The number of nitrogens with one attached hydrogen (secondary N) is 2. The predicted octanol–water partition coefficient (Wildman–Crippen LogP) is 2.80. The lowest BCUT2D eigenvalue weighted by Crippen LogP contribution is -2.63. The summed E-state index contributed by atoms with van der Waals surface area (Å²) in [6.07, 6.45) is 5.99. The fourth-order valence-corrected chi connectivity index (χ4v) is 4.61. The molecule has 1 saturated carbocycles. The average Bonchev–Trinajstić information content (AvgIpc) is 3.23. The Bertz CT molecular complexity index is 1040. The molecule has 1 fully saturated rings. The van der Waals surface area contributed by atoms with Gasteiger partial charge in [-0.1, -0.05) is 43.0 Å². The van der Waals surface area contributed by atoms with Crippen molar-refractivity contribution in [3.05, 3.63) is 52.3 Å². The summed E-state index contributed by atoms with van der Waals surface area (Å²) in [6.45, 7) is 2.37. The summed E-state index contributed by atoms with van der Waals surface area (Å²) in [6, 6.07) is 9.09. The van der Waals surface area contributed by atoms with Crippen molar-refractivity contribution >= 4 is 29.3 Å². The zero-order valence-corrected chi connectivity index (χ0v) is 19.8. The average molecular weight is 472 g/mol. The van der Waals surface area contributed by atoms with Crippen LogP contribution in [0.3, 0.4) is 0 Å². The highest BCUT2D eigenvalue weighted by Crippen LogP contribution is 2.27. The third kappa shape index (κ3) is 4.90. The zero-order valence-electron chi connectivity index (χ0n) is 19.1. The molecule has 33 heavy (non-hydrogen) atoms. The van der Waals surface area contributed by atoms with Gasteiger partial charge in [0.15, 0.2) is 5.69 Å². The Balaban J connectivity index is 1.42. The number of hydrogen-bond acceptors (Lipinski definition) is 4. The molecule has 1 aliphatic carbocycles. The number of likely N-dealkylation sites (N-methyl/N-ethyl adjacent to an activating group) is 1. The van der Waals surface area contributed by atoms with E-state index in [-0.39, 0.29) is 36.0 Å². The smallest absolute Gasteiger partial charge is 0.272 e. The highest BCUT2D eigenvalue weighted by atomic mass is 35.5. The van der Waals surface area contributed by atoms with Crippen LogP contribution in [0.4, 0.5) is 0 Å². The third-order valence-electron chi connectivity index (χ3n) is 6.78. The van der Waals surface area contributed by atoms with Crippen LogP contribution < -0.4 is 10.6 Å². The van der Waals surface area contributed by atoms with Crippen molar-refractivity contribution in [1.29, 1.82) is 0 Å². The number of carbonyl (C=O) groups is 3. The van der Waals surface area contributed by atoms with Crippen LogP contribution in [0.15, 0.2) is 30.3 Å². The van der Waals surface area contributed by atoms with Crippen molar-refractivity contribution in [2.45, 2.75) is 63.6 Å². The monoisotopic (exact) mass is 471 g/mol. The van der Waals surface area contributed by atoms with Gasteiger partial charge in [0.1, 0.15) is 11.2 Å². The maximum Gasteiger partial charge on any atom is 0.272 e. The van der Waals surface area contributed by atoms with E-state index < -0.39 is 5.54 Å². The third-order valence-corrected chi connectivity index (χ3v) is 7.03. The summed E-state index contributed by atoms with van der Waals surface area (Å²) < 4.78 is 1.48. The van der Waals surface area contributed by atoms with E-state index in [1.807, 2.05) is 24.3 Å². The number of fused-ring (bicyclic) bond motifs is 1. The van der Waals surface area contributed by atoms with Crippen molar-refractivity contribution in [2.75, 3.05) is 13.6 Å². The van der Waals surface area contributed by atoms with Gasteiger partial charge in [0.2, 0.25) is 5.91 Å². The molecule has 176 valence electrons. The van der Waals surface area contributed by atoms with Gasteiger partial charge in [-0.05, 0) is 43.9 Å². The largest absolute Gasteiger partial charge is 0.351 e. The molecule has 1 aromatic heterocycles. The molecule has 1 aromatic carbocycles. The molecule has 3 amide bonds. The summed E-state index contributed by atoms with van der Waals surface area (Å²) >= 11 is 5.90. The zero-order chi connectivity index (χ0) is 23.6. The summed E-state index contributed by atoms with van der Waals surface area (Å²) in [4.78, 5) is 40.3. The molecule has 8 nitrogen and oxygen atoms in total. The number of halogens is 1. The van der Waals surface area contributed by atoms with Crippen LogP contribution in [0.1, 0.15) is 65.6 Å². The van der Waals surface area contributed by atoms with Gasteiger partial charge in [-0.2, -0.15) is 5.10 Å². The van der Waals surface area contributed by atoms with Gasteiger partial charge in [-0.3, -0.25) is 19.1 Å². The molecule has 2 aliphatic rings. The van der Waals surface area contributed by atoms with Crippen molar-refractivity contribution in [2.24, 2.45) is 0 Å². The maximum atomic E-state index is 13.2. The molecule has 0 unspecified atom stereocenters. The fourth-order valence-electron chi connectivity index (χ4n) is 4.49.